The maximum atomic E-state index is 14.1. The molecule has 3 aliphatic heterocycles. The van der Waals surface area contributed by atoms with E-state index in [4.69, 9.17) is 0 Å². The highest BCUT2D eigenvalue weighted by Gasteiger charge is 2.43. The van der Waals surface area contributed by atoms with Gasteiger partial charge in [-0.05, 0) is 30.2 Å². The first kappa shape index (κ1) is 19.2. The number of piperidine rings is 1. The molecule has 0 N–H and O–H groups in total. The molecule has 0 spiro atoms. The van der Waals surface area contributed by atoms with Gasteiger partial charge in [0.2, 0.25) is 5.82 Å². The van der Waals surface area contributed by atoms with Crippen molar-refractivity contribution in [2.75, 3.05) is 30.3 Å². The van der Waals surface area contributed by atoms with Gasteiger partial charge in [0, 0.05) is 48.6 Å². The molecule has 0 unspecified atom stereocenters. The maximum absolute atomic E-state index is 14.1. The molecule has 1 fully saturated rings. The second kappa shape index (κ2) is 7.16. The monoisotopic (exact) mass is 426 g/mol. The standard InChI is InChI=1S/C21H19F5N2S/c22-16-13(17(23)19(25)20(26)18(16)24)10-27-7-5-14-12(9-27)11-3-1-4-15-21(11)28(14)6-2-8-29-15/h1,3-4,12,14H,2,5-10H2/t12-,14-/m1/s1. The molecular weight excluding hydrogens is 407 g/mol. The molecule has 0 aromatic heterocycles. The van der Waals surface area contributed by atoms with Crippen LogP contribution in [-0.4, -0.2) is 36.3 Å². The molecule has 0 amide bonds. The number of benzene rings is 2. The Morgan fingerprint density at radius 2 is 1.66 bits per heavy atom. The molecule has 0 saturated carbocycles. The molecule has 2 nitrogen and oxygen atoms in total. The lowest BCUT2D eigenvalue weighted by molar-refractivity contribution is 0.180. The Hall–Kier alpha value is -1.80. The molecular formula is C21H19F5N2S. The first-order valence-electron chi connectivity index (χ1n) is 9.72. The van der Waals surface area contributed by atoms with E-state index in [-0.39, 0.29) is 12.5 Å². The number of hydrogen-bond acceptors (Lipinski definition) is 3. The van der Waals surface area contributed by atoms with Gasteiger partial charge in [-0.3, -0.25) is 4.90 Å². The molecule has 2 atom stereocenters. The lowest BCUT2D eigenvalue weighted by Gasteiger charge is -2.39. The van der Waals surface area contributed by atoms with Crippen molar-refractivity contribution in [3.63, 3.8) is 0 Å². The number of likely N-dealkylation sites (tertiary alicyclic amines) is 1. The second-order valence-corrected chi connectivity index (χ2v) is 8.97. The van der Waals surface area contributed by atoms with Crippen LogP contribution in [0.5, 0.6) is 0 Å². The number of anilines is 1. The summed E-state index contributed by atoms with van der Waals surface area (Å²) in [5.74, 6) is -8.09. The van der Waals surface area contributed by atoms with Gasteiger partial charge in [0.15, 0.2) is 23.3 Å². The fraction of sp³-hybridized carbons (Fsp3) is 0.429. The molecule has 3 heterocycles. The Bertz CT molecular complexity index is 953. The van der Waals surface area contributed by atoms with E-state index >= 15 is 0 Å². The van der Waals surface area contributed by atoms with Gasteiger partial charge >= 0.3 is 0 Å². The fourth-order valence-corrected chi connectivity index (χ4v) is 6.00. The number of nitrogens with zero attached hydrogens (tertiary/aromatic N) is 2. The number of fused-ring (bicyclic) bond motifs is 3. The van der Waals surface area contributed by atoms with Gasteiger partial charge in [0.25, 0.3) is 0 Å². The van der Waals surface area contributed by atoms with Gasteiger partial charge in [-0.1, -0.05) is 12.1 Å². The van der Waals surface area contributed by atoms with Crippen molar-refractivity contribution in [1.82, 2.24) is 4.90 Å². The van der Waals surface area contributed by atoms with E-state index in [9.17, 15) is 22.0 Å². The van der Waals surface area contributed by atoms with Gasteiger partial charge in [0.05, 0.1) is 5.69 Å². The first-order chi connectivity index (χ1) is 14.0. The Labute approximate surface area is 169 Å². The van der Waals surface area contributed by atoms with E-state index in [1.807, 2.05) is 17.8 Å². The zero-order valence-electron chi connectivity index (χ0n) is 15.5. The molecule has 0 bridgehead atoms. The second-order valence-electron chi connectivity index (χ2n) is 7.84. The zero-order chi connectivity index (χ0) is 20.3. The summed E-state index contributed by atoms with van der Waals surface area (Å²) in [6.45, 7) is 1.77. The van der Waals surface area contributed by atoms with E-state index < -0.39 is 34.6 Å². The van der Waals surface area contributed by atoms with Crippen LogP contribution in [0.1, 0.15) is 29.9 Å². The summed E-state index contributed by atoms with van der Waals surface area (Å²) < 4.78 is 68.7. The van der Waals surface area contributed by atoms with Crippen molar-refractivity contribution in [2.24, 2.45) is 0 Å². The lowest BCUT2D eigenvalue weighted by Crippen LogP contribution is -2.46. The largest absolute Gasteiger partial charge is 0.367 e. The highest BCUT2D eigenvalue weighted by atomic mass is 32.2. The summed E-state index contributed by atoms with van der Waals surface area (Å²) in [5, 5.41) is 0. The van der Waals surface area contributed by atoms with Crippen molar-refractivity contribution in [3.05, 3.63) is 58.4 Å². The van der Waals surface area contributed by atoms with Gasteiger partial charge in [0.1, 0.15) is 0 Å². The highest BCUT2D eigenvalue weighted by Crippen LogP contribution is 2.50. The molecule has 3 aliphatic rings. The minimum atomic E-state index is -2.11. The van der Waals surface area contributed by atoms with E-state index in [0.717, 1.165) is 25.1 Å². The predicted molar refractivity (Wildman–Crippen MR) is 102 cm³/mol. The van der Waals surface area contributed by atoms with E-state index in [2.05, 4.69) is 17.0 Å². The topological polar surface area (TPSA) is 6.48 Å². The van der Waals surface area contributed by atoms with Crippen LogP contribution >= 0.6 is 11.8 Å². The van der Waals surface area contributed by atoms with Crippen LogP contribution in [0.4, 0.5) is 27.6 Å². The highest BCUT2D eigenvalue weighted by molar-refractivity contribution is 7.99. The van der Waals surface area contributed by atoms with E-state index in [1.54, 1.807) is 4.90 Å². The molecule has 2 aromatic rings. The maximum Gasteiger partial charge on any atom is 0.200 e. The third-order valence-electron chi connectivity index (χ3n) is 6.26. The summed E-state index contributed by atoms with van der Waals surface area (Å²) in [4.78, 5) is 5.53. The average Bonchev–Trinajstić information content (AvgIpc) is 2.89. The van der Waals surface area contributed by atoms with Gasteiger partial charge in [-0.15, -0.1) is 11.8 Å². The molecule has 0 aliphatic carbocycles. The minimum absolute atomic E-state index is 0.165. The summed E-state index contributed by atoms with van der Waals surface area (Å²) in [6.07, 6.45) is 1.88. The smallest absolute Gasteiger partial charge is 0.200 e. The van der Waals surface area contributed by atoms with Crippen LogP contribution in [0, 0.1) is 29.1 Å². The van der Waals surface area contributed by atoms with Gasteiger partial charge in [-0.2, -0.15) is 0 Å². The van der Waals surface area contributed by atoms with Crippen LogP contribution in [0.15, 0.2) is 23.1 Å². The van der Waals surface area contributed by atoms with Crippen LogP contribution in [0.25, 0.3) is 0 Å². The van der Waals surface area contributed by atoms with E-state index in [1.165, 1.54) is 16.1 Å². The molecule has 0 radical (unpaired) electrons. The first-order valence-corrected chi connectivity index (χ1v) is 10.7. The summed E-state index contributed by atoms with van der Waals surface area (Å²) in [7, 11) is 0. The summed E-state index contributed by atoms with van der Waals surface area (Å²) in [6, 6.07) is 6.59. The molecule has 5 rings (SSSR count). The van der Waals surface area contributed by atoms with Crippen LogP contribution < -0.4 is 4.90 Å². The number of para-hydroxylation sites is 1. The van der Waals surface area contributed by atoms with Crippen LogP contribution in [-0.2, 0) is 6.54 Å². The molecule has 2 aromatic carbocycles. The number of rotatable bonds is 2. The Morgan fingerprint density at radius 1 is 0.931 bits per heavy atom. The summed E-state index contributed by atoms with van der Waals surface area (Å²) in [5.41, 5.74) is 1.74. The Kier molecular flexibility index (Phi) is 4.74. The predicted octanol–water partition coefficient (Wildman–Crippen LogP) is 5.06. The van der Waals surface area contributed by atoms with Crippen LogP contribution in [0.3, 0.4) is 0 Å². The summed E-state index contributed by atoms with van der Waals surface area (Å²) >= 11 is 1.85. The van der Waals surface area contributed by atoms with Crippen molar-refractivity contribution in [3.8, 4) is 0 Å². The molecule has 8 heteroatoms. The lowest BCUT2D eigenvalue weighted by atomic mass is 9.88. The number of thioether (sulfide) groups is 1. The SMILES string of the molecule is Fc1c(F)c(F)c(CN2CC[C@@H]3[C@H](C2)c2cccc4c2N3CCCS4)c(F)c1F. The normalized spacial score (nSPS) is 23.7. The van der Waals surface area contributed by atoms with Crippen molar-refractivity contribution in [2.45, 2.75) is 36.2 Å². The Morgan fingerprint density at radius 3 is 2.41 bits per heavy atom. The average molecular weight is 426 g/mol. The van der Waals surface area contributed by atoms with Crippen LogP contribution in [0.2, 0.25) is 0 Å². The fourth-order valence-electron chi connectivity index (χ4n) is 4.97. The minimum Gasteiger partial charge on any atom is -0.367 e. The number of halogens is 5. The van der Waals surface area contributed by atoms with Gasteiger partial charge in [-0.25, -0.2) is 22.0 Å². The van der Waals surface area contributed by atoms with Crippen molar-refractivity contribution < 1.29 is 22.0 Å². The quantitative estimate of drug-likeness (QED) is 0.377. The number of hydrogen-bond donors (Lipinski definition) is 0. The molecule has 29 heavy (non-hydrogen) atoms. The van der Waals surface area contributed by atoms with Gasteiger partial charge < -0.3 is 4.90 Å². The van der Waals surface area contributed by atoms with E-state index in [0.29, 0.717) is 19.1 Å². The van der Waals surface area contributed by atoms with Crippen molar-refractivity contribution in [1.29, 1.82) is 0 Å². The molecule has 154 valence electrons. The zero-order valence-corrected chi connectivity index (χ0v) is 16.3. The third-order valence-corrected chi connectivity index (χ3v) is 7.39. The Balaban J connectivity index is 1.45. The van der Waals surface area contributed by atoms with Crippen molar-refractivity contribution >= 4 is 17.4 Å². The third kappa shape index (κ3) is 2.94. The molecule has 1 saturated heterocycles.